The van der Waals surface area contributed by atoms with Crippen LogP contribution in [0.3, 0.4) is 0 Å². The predicted molar refractivity (Wildman–Crippen MR) is 128 cm³/mol. The van der Waals surface area contributed by atoms with Gasteiger partial charge in [0.15, 0.2) is 0 Å². The number of thioether (sulfide) groups is 1. The summed E-state index contributed by atoms with van der Waals surface area (Å²) in [5.41, 5.74) is 2.13. The molecule has 0 saturated heterocycles. The fourth-order valence-corrected chi connectivity index (χ4v) is 6.05. The first-order valence-electron chi connectivity index (χ1n) is 10.6. The first-order valence-corrected chi connectivity index (χ1v) is 13.0. The van der Waals surface area contributed by atoms with Crippen LogP contribution < -0.4 is 14.8 Å². The van der Waals surface area contributed by atoms with Gasteiger partial charge in [-0.15, -0.1) is 11.8 Å². The first kappa shape index (κ1) is 23.3. The summed E-state index contributed by atoms with van der Waals surface area (Å²) in [6.07, 6.45) is 2.92. The highest BCUT2D eigenvalue weighted by molar-refractivity contribution is 7.99. The van der Waals surface area contributed by atoms with Gasteiger partial charge in [0, 0.05) is 41.1 Å². The summed E-state index contributed by atoms with van der Waals surface area (Å²) in [4.78, 5) is 18.3. The van der Waals surface area contributed by atoms with Gasteiger partial charge in [0.05, 0.1) is 13.2 Å². The fraction of sp³-hybridized carbons (Fsp3) is 0.250. The van der Waals surface area contributed by atoms with E-state index in [1.54, 1.807) is 30.1 Å². The summed E-state index contributed by atoms with van der Waals surface area (Å²) in [5.74, 6) is 0.760. The maximum absolute atomic E-state index is 13.0. The summed E-state index contributed by atoms with van der Waals surface area (Å²) in [7, 11) is -2.50. The third-order valence-electron chi connectivity index (χ3n) is 5.38. The number of carbonyl (C=O) groups excluding carboxylic acids is 1. The number of hydrogen-bond acceptors (Lipinski definition) is 6. The van der Waals surface area contributed by atoms with E-state index in [0.29, 0.717) is 6.42 Å². The lowest BCUT2D eigenvalue weighted by Crippen LogP contribution is -2.31. The number of ether oxygens (including phenoxy) is 1. The van der Waals surface area contributed by atoms with Crippen LogP contribution in [0, 0.1) is 0 Å². The van der Waals surface area contributed by atoms with Gasteiger partial charge in [0.2, 0.25) is 10.0 Å². The lowest BCUT2D eigenvalue weighted by molar-refractivity contribution is 0.0934. The molecular formula is C24H25N3O4S2. The Hall–Kier alpha value is -2.88. The number of hydrogen-bond donors (Lipinski definition) is 2. The van der Waals surface area contributed by atoms with Gasteiger partial charge in [-0.1, -0.05) is 24.3 Å². The normalized spacial score (nSPS) is 15.5. The predicted octanol–water partition coefficient (Wildman–Crippen LogP) is 3.58. The third kappa shape index (κ3) is 5.55. The van der Waals surface area contributed by atoms with Crippen LogP contribution in [0.5, 0.6) is 5.75 Å². The van der Waals surface area contributed by atoms with Gasteiger partial charge in [-0.3, -0.25) is 9.78 Å². The monoisotopic (exact) mass is 483 g/mol. The van der Waals surface area contributed by atoms with Crippen LogP contribution in [0.25, 0.3) is 0 Å². The molecule has 1 aliphatic heterocycles. The number of carbonyl (C=O) groups is 1. The summed E-state index contributed by atoms with van der Waals surface area (Å²) in [6.45, 7) is 0.176. The summed E-state index contributed by atoms with van der Waals surface area (Å²) < 4.78 is 33.8. The molecule has 172 valence electrons. The minimum atomic E-state index is -3.90. The van der Waals surface area contributed by atoms with Gasteiger partial charge in [0.25, 0.3) is 5.91 Å². The van der Waals surface area contributed by atoms with Crippen LogP contribution in [-0.2, 0) is 16.4 Å². The molecule has 0 spiro atoms. The van der Waals surface area contributed by atoms with E-state index >= 15 is 0 Å². The average Bonchev–Trinajstić information content (AvgIpc) is 2.84. The topological polar surface area (TPSA) is 97.4 Å². The van der Waals surface area contributed by atoms with Crippen molar-refractivity contribution in [1.29, 1.82) is 0 Å². The van der Waals surface area contributed by atoms with Crippen molar-refractivity contribution in [2.24, 2.45) is 0 Å². The van der Waals surface area contributed by atoms with Crippen molar-refractivity contribution in [3.63, 3.8) is 0 Å². The van der Waals surface area contributed by atoms with Gasteiger partial charge in [-0.2, -0.15) is 0 Å². The van der Waals surface area contributed by atoms with Crippen molar-refractivity contribution >= 4 is 27.7 Å². The van der Waals surface area contributed by atoms with Crippen LogP contribution in [0.4, 0.5) is 0 Å². The second-order valence-electron chi connectivity index (χ2n) is 7.54. The summed E-state index contributed by atoms with van der Waals surface area (Å²) in [6, 6.07) is 17.8. The number of sulfonamides is 1. The Morgan fingerprint density at radius 3 is 2.76 bits per heavy atom. The van der Waals surface area contributed by atoms with Crippen molar-refractivity contribution in [1.82, 2.24) is 15.0 Å². The maximum atomic E-state index is 13.0. The molecule has 1 aliphatic rings. The van der Waals surface area contributed by atoms with Crippen molar-refractivity contribution in [3.05, 3.63) is 83.7 Å². The quantitative estimate of drug-likeness (QED) is 0.508. The Morgan fingerprint density at radius 2 is 1.97 bits per heavy atom. The number of nitrogens with zero attached hydrogens (tertiary/aromatic N) is 1. The Balaban J connectivity index is 1.51. The molecule has 2 N–H and O–H groups in total. The van der Waals surface area contributed by atoms with Crippen molar-refractivity contribution < 1.29 is 17.9 Å². The smallest absolute Gasteiger partial charge is 0.251 e. The molecule has 7 nitrogen and oxygen atoms in total. The molecule has 0 radical (unpaired) electrons. The van der Waals surface area contributed by atoms with Gasteiger partial charge in [-0.25, -0.2) is 13.1 Å². The molecule has 1 aromatic heterocycles. The molecule has 0 bridgehead atoms. The number of nitrogens with one attached hydrogen (secondary N) is 2. The Labute approximate surface area is 198 Å². The molecular weight excluding hydrogens is 458 g/mol. The number of benzene rings is 2. The zero-order chi connectivity index (χ0) is 23.3. The van der Waals surface area contributed by atoms with E-state index in [0.717, 1.165) is 28.3 Å². The van der Waals surface area contributed by atoms with E-state index in [1.165, 1.54) is 19.2 Å². The van der Waals surface area contributed by atoms with Crippen LogP contribution in [0.15, 0.2) is 76.7 Å². The van der Waals surface area contributed by atoms with E-state index in [9.17, 15) is 13.2 Å². The number of fused-ring (bicyclic) bond motifs is 1. The third-order valence-corrected chi connectivity index (χ3v) is 7.98. The van der Waals surface area contributed by atoms with Gasteiger partial charge >= 0.3 is 0 Å². The van der Waals surface area contributed by atoms with E-state index in [2.05, 4.69) is 15.0 Å². The van der Waals surface area contributed by atoms with Crippen molar-refractivity contribution in [2.75, 3.05) is 19.4 Å². The average molecular weight is 484 g/mol. The highest BCUT2D eigenvalue weighted by Gasteiger charge is 2.25. The molecule has 0 unspecified atom stereocenters. The van der Waals surface area contributed by atoms with E-state index < -0.39 is 10.0 Å². The first-order chi connectivity index (χ1) is 16.0. The van der Waals surface area contributed by atoms with Crippen LogP contribution in [-0.4, -0.2) is 38.7 Å². The van der Waals surface area contributed by atoms with Gasteiger partial charge < -0.3 is 10.1 Å². The Bertz CT molecular complexity index is 1230. The lowest BCUT2D eigenvalue weighted by Gasteiger charge is -2.26. The van der Waals surface area contributed by atoms with E-state index in [-0.39, 0.29) is 34.7 Å². The second kappa shape index (κ2) is 10.4. The molecule has 0 aliphatic carbocycles. The molecule has 3 aromatic rings. The van der Waals surface area contributed by atoms with Crippen LogP contribution in [0.2, 0.25) is 0 Å². The minimum Gasteiger partial charge on any atom is -0.495 e. The highest BCUT2D eigenvalue weighted by atomic mass is 32.2. The molecule has 9 heteroatoms. The number of amides is 1. The molecule has 0 saturated carbocycles. The summed E-state index contributed by atoms with van der Waals surface area (Å²) >= 11 is 1.77. The zero-order valence-electron chi connectivity index (χ0n) is 18.2. The molecule has 1 amide bonds. The van der Waals surface area contributed by atoms with E-state index in [4.69, 9.17) is 4.74 Å². The molecule has 1 atom stereocenters. The second-order valence-corrected chi connectivity index (χ2v) is 10.4. The zero-order valence-corrected chi connectivity index (χ0v) is 19.8. The maximum Gasteiger partial charge on any atom is 0.251 e. The number of methoxy groups -OCH3 is 1. The van der Waals surface area contributed by atoms with Crippen molar-refractivity contribution in [3.8, 4) is 5.75 Å². The van der Waals surface area contributed by atoms with E-state index in [1.807, 2.05) is 36.4 Å². The van der Waals surface area contributed by atoms with Crippen LogP contribution >= 0.6 is 11.8 Å². The molecule has 4 rings (SSSR count). The van der Waals surface area contributed by atoms with Gasteiger partial charge in [0.1, 0.15) is 10.6 Å². The number of rotatable bonds is 8. The minimum absolute atomic E-state index is 0.0710. The lowest BCUT2D eigenvalue weighted by atomic mass is 10.0. The van der Waals surface area contributed by atoms with Gasteiger partial charge in [-0.05, 0) is 48.4 Å². The molecule has 2 heterocycles. The molecule has 33 heavy (non-hydrogen) atoms. The number of aromatic nitrogens is 1. The largest absolute Gasteiger partial charge is 0.495 e. The Kier molecular flexibility index (Phi) is 7.32. The van der Waals surface area contributed by atoms with Crippen LogP contribution in [0.1, 0.15) is 34.1 Å². The van der Waals surface area contributed by atoms with Crippen molar-refractivity contribution in [2.45, 2.75) is 28.7 Å². The Morgan fingerprint density at radius 1 is 1.15 bits per heavy atom. The highest BCUT2D eigenvalue weighted by Crippen LogP contribution is 2.36. The fourth-order valence-electron chi connectivity index (χ4n) is 3.70. The SMILES string of the molecule is COc1ccc(C(=O)N[C@H]2CCSc3ccccc32)cc1S(=O)(=O)NCCc1ccccn1. The standard InChI is InChI=1S/C24H25N3O4S2/c1-31-21-10-9-17(24(28)27-20-12-15-32-22-8-3-2-7-19(20)22)16-23(21)33(29,30)26-14-11-18-6-4-5-13-25-18/h2-10,13,16,20,26H,11-12,14-15H2,1H3,(H,27,28)/t20-/m0/s1. The molecule has 0 fully saturated rings. The molecule has 2 aromatic carbocycles. The summed E-state index contributed by atoms with van der Waals surface area (Å²) in [5, 5.41) is 3.06. The number of pyridine rings is 1.